The maximum Gasteiger partial charge on any atom is 0.264 e. The van der Waals surface area contributed by atoms with Gasteiger partial charge in [0.25, 0.3) is 10.0 Å². The van der Waals surface area contributed by atoms with Gasteiger partial charge in [-0.25, -0.2) is 13.1 Å². The molecule has 2 aromatic carbocycles. The fourth-order valence-corrected chi connectivity index (χ4v) is 3.72. The van der Waals surface area contributed by atoms with Crippen molar-refractivity contribution in [3.63, 3.8) is 0 Å². The predicted molar refractivity (Wildman–Crippen MR) is 91.0 cm³/mol. The Morgan fingerprint density at radius 1 is 1.09 bits per heavy atom. The number of carbonyl (C=O) groups excluding carboxylic acids is 1. The minimum atomic E-state index is -3.92. The van der Waals surface area contributed by atoms with E-state index in [4.69, 9.17) is 11.6 Å². The van der Waals surface area contributed by atoms with Crippen molar-refractivity contribution in [3.05, 3.63) is 64.7 Å². The van der Waals surface area contributed by atoms with Crippen molar-refractivity contribution in [2.45, 2.75) is 31.1 Å². The fourth-order valence-electron chi connectivity index (χ4n) is 2.17. The Kier molecular flexibility index (Phi) is 4.82. The normalized spacial score (nSPS) is 12.0. The van der Waals surface area contributed by atoms with Crippen LogP contribution in [0.2, 0.25) is 5.02 Å². The van der Waals surface area contributed by atoms with E-state index in [1.165, 1.54) is 6.07 Å². The number of hydrogen-bond acceptors (Lipinski definition) is 3. The highest BCUT2D eigenvalue weighted by Crippen LogP contribution is 2.26. The SMILES string of the molecule is Cc1ccccc1S(=O)(=O)NC(=O)C(C)(C)c1cccc(Cl)c1. The highest BCUT2D eigenvalue weighted by atomic mass is 35.5. The van der Waals surface area contributed by atoms with E-state index in [9.17, 15) is 13.2 Å². The van der Waals surface area contributed by atoms with Crippen molar-refractivity contribution in [1.82, 2.24) is 4.72 Å². The summed E-state index contributed by atoms with van der Waals surface area (Å²) in [6, 6.07) is 13.3. The Bertz CT molecular complexity index is 844. The molecule has 0 radical (unpaired) electrons. The van der Waals surface area contributed by atoms with Crippen LogP contribution in [0.1, 0.15) is 25.0 Å². The zero-order valence-corrected chi connectivity index (χ0v) is 14.7. The molecule has 0 aliphatic carbocycles. The molecule has 0 unspecified atom stereocenters. The molecule has 1 N–H and O–H groups in total. The summed E-state index contributed by atoms with van der Waals surface area (Å²) >= 11 is 5.96. The van der Waals surface area contributed by atoms with E-state index in [2.05, 4.69) is 4.72 Å². The molecule has 0 heterocycles. The van der Waals surface area contributed by atoms with Crippen LogP contribution in [0.4, 0.5) is 0 Å². The zero-order chi connectivity index (χ0) is 17.3. The minimum Gasteiger partial charge on any atom is -0.273 e. The van der Waals surface area contributed by atoms with E-state index in [0.717, 1.165) is 0 Å². The van der Waals surface area contributed by atoms with E-state index < -0.39 is 21.3 Å². The van der Waals surface area contributed by atoms with Gasteiger partial charge in [0.15, 0.2) is 0 Å². The predicted octanol–water partition coefficient (Wildman–Crippen LogP) is 3.43. The van der Waals surface area contributed by atoms with Crippen molar-refractivity contribution in [1.29, 1.82) is 0 Å². The number of amides is 1. The summed E-state index contributed by atoms with van der Waals surface area (Å²) in [5, 5.41) is 0.491. The molecule has 122 valence electrons. The van der Waals surface area contributed by atoms with E-state index >= 15 is 0 Å². The molecule has 4 nitrogen and oxygen atoms in total. The van der Waals surface area contributed by atoms with Crippen molar-refractivity contribution in [2.24, 2.45) is 0 Å². The first kappa shape index (κ1) is 17.5. The molecule has 0 spiro atoms. The van der Waals surface area contributed by atoms with E-state index in [1.807, 2.05) is 0 Å². The van der Waals surface area contributed by atoms with Gasteiger partial charge in [-0.2, -0.15) is 0 Å². The Labute approximate surface area is 141 Å². The number of carbonyl (C=O) groups is 1. The molecule has 1 amide bonds. The second-order valence-corrected chi connectivity index (χ2v) is 7.92. The van der Waals surface area contributed by atoms with Crippen molar-refractivity contribution in [2.75, 3.05) is 0 Å². The van der Waals surface area contributed by atoms with Gasteiger partial charge < -0.3 is 0 Å². The second kappa shape index (κ2) is 6.34. The Morgan fingerprint density at radius 2 is 1.74 bits per heavy atom. The standard InChI is InChI=1S/C17H18ClNO3S/c1-12-7-4-5-10-15(12)23(21,22)19-16(20)17(2,3)13-8-6-9-14(18)11-13/h4-11H,1-3H3,(H,19,20). The monoisotopic (exact) mass is 351 g/mol. The Hall–Kier alpha value is -1.85. The molecule has 0 saturated carbocycles. The molecule has 0 bridgehead atoms. The highest BCUT2D eigenvalue weighted by Gasteiger charge is 2.33. The molecule has 0 atom stereocenters. The van der Waals surface area contributed by atoms with Gasteiger partial charge in [0.2, 0.25) is 5.91 Å². The number of nitrogens with one attached hydrogen (secondary N) is 1. The molecule has 0 saturated heterocycles. The van der Waals surface area contributed by atoms with Crippen LogP contribution in [0.5, 0.6) is 0 Å². The maximum atomic E-state index is 12.5. The largest absolute Gasteiger partial charge is 0.273 e. The molecule has 0 fully saturated rings. The van der Waals surface area contributed by atoms with Gasteiger partial charge in [-0.3, -0.25) is 4.79 Å². The third kappa shape index (κ3) is 3.74. The van der Waals surface area contributed by atoms with Crippen LogP contribution in [-0.2, 0) is 20.2 Å². The number of benzene rings is 2. The fraction of sp³-hybridized carbons (Fsp3) is 0.235. The first-order valence-corrected chi connectivity index (χ1v) is 8.89. The van der Waals surface area contributed by atoms with Crippen LogP contribution >= 0.6 is 11.6 Å². The topological polar surface area (TPSA) is 63.2 Å². The van der Waals surface area contributed by atoms with Gasteiger partial charge in [0.05, 0.1) is 10.3 Å². The number of hydrogen-bond donors (Lipinski definition) is 1. The average molecular weight is 352 g/mol. The lowest BCUT2D eigenvalue weighted by molar-refractivity contribution is -0.123. The van der Waals surface area contributed by atoms with Crippen LogP contribution in [-0.4, -0.2) is 14.3 Å². The lowest BCUT2D eigenvalue weighted by Gasteiger charge is -2.24. The van der Waals surface area contributed by atoms with Gasteiger partial charge in [0, 0.05) is 5.02 Å². The number of halogens is 1. The van der Waals surface area contributed by atoms with E-state index in [1.54, 1.807) is 63.2 Å². The summed E-state index contributed by atoms with van der Waals surface area (Å²) in [6.07, 6.45) is 0. The summed E-state index contributed by atoms with van der Waals surface area (Å²) in [5.74, 6) is -0.608. The first-order chi connectivity index (χ1) is 10.6. The zero-order valence-electron chi connectivity index (χ0n) is 13.1. The summed E-state index contributed by atoms with van der Waals surface area (Å²) < 4.78 is 27.1. The van der Waals surface area contributed by atoms with Crippen molar-refractivity contribution in [3.8, 4) is 0 Å². The summed E-state index contributed by atoms with van der Waals surface area (Å²) in [7, 11) is -3.92. The molecular weight excluding hydrogens is 334 g/mol. The van der Waals surface area contributed by atoms with Crippen LogP contribution in [0.3, 0.4) is 0 Å². The van der Waals surface area contributed by atoms with Crippen LogP contribution < -0.4 is 4.72 Å². The molecule has 0 aliphatic rings. The van der Waals surface area contributed by atoms with Crippen molar-refractivity contribution < 1.29 is 13.2 Å². The quantitative estimate of drug-likeness (QED) is 0.917. The van der Waals surface area contributed by atoms with Gasteiger partial charge >= 0.3 is 0 Å². The molecule has 2 rings (SSSR count). The third-order valence-corrected chi connectivity index (χ3v) is 5.45. The van der Waals surface area contributed by atoms with Gasteiger partial charge in [-0.1, -0.05) is 41.9 Å². The lowest BCUT2D eigenvalue weighted by Crippen LogP contribution is -2.43. The number of sulfonamides is 1. The van der Waals surface area contributed by atoms with Crippen LogP contribution in [0.15, 0.2) is 53.4 Å². The molecule has 2 aromatic rings. The van der Waals surface area contributed by atoms with Gasteiger partial charge in [0.1, 0.15) is 0 Å². The molecule has 0 aliphatic heterocycles. The second-order valence-electron chi connectivity index (χ2n) is 5.84. The van der Waals surface area contributed by atoms with Gasteiger partial charge in [-0.05, 0) is 50.1 Å². The van der Waals surface area contributed by atoms with E-state index in [0.29, 0.717) is 16.1 Å². The summed E-state index contributed by atoms with van der Waals surface area (Å²) in [6.45, 7) is 4.99. The van der Waals surface area contributed by atoms with Crippen LogP contribution in [0.25, 0.3) is 0 Å². The molecule has 0 aromatic heterocycles. The maximum absolute atomic E-state index is 12.5. The number of rotatable bonds is 4. The highest BCUT2D eigenvalue weighted by molar-refractivity contribution is 7.90. The molecular formula is C17H18ClNO3S. The summed E-state index contributed by atoms with van der Waals surface area (Å²) in [5.41, 5.74) is 0.177. The smallest absolute Gasteiger partial charge is 0.264 e. The van der Waals surface area contributed by atoms with E-state index in [-0.39, 0.29) is 4.90 Å². The number of aryl methyl sites for hydroxylation is 1. The average Bonchev–Trinajstić information content (AvgIpc) is 2.47. The third-order valence-electron chi connectivity index (χ3n) is 3.72. The van der Waals surface area contributed by atoms with Crippen LogP contribution in [0, 0.1) is 6.92 Å². The van der Waals surface area contributed by atoms with Crippen molar-refractivity contribution >= 4 is 27.5 Å². The van der Waals surface area contributed by atoms with Gasteiger partial charge in [-0.15, -0.1) is 0 Å². The summed E-state index contributed by atoms with van der Waals surface area (Å²) in [4.78, 5) is 12.6. The Morgan fingerprint density at radius 3 is 2.35 bits per heavy atom. The molecule has 23 heavy (non-hydrogen) atoms. The first-order valence-electron chi connectivity index (χ1n) is 7.03. The minimum absolute atomic E-state index is 0.0928. The lowest BCUT2D eigenvalue weighted by atomic mass is 9.84. The Balaban J connectivity index is 2.32. The molecule has 6 heteroatoms.